The van der Waals surface area contributed by atoms with E-state index in [1.54, 1.807) is 16.4 Å². The molecule has 0 aliphatic heterocycles. The van der Waals surface area contributed by atoms with Gasteiger partial charge in [-0.2, -0.15) is 0 Å². The molecule has 78 valence electrons. The molecule has 14 heavy (non-hydrogen) atoms. The molecule has 1 N–H and O–H groups in total. The fourth-order valence-electron chi connectivity index (χ4n) is 1.67. The molecule has 0 aromatic carbocycles. The lowest BCUT2D eigenvalue weighted by molar-refractivity contribution is 0.262. The first kappa shape index (κ1) is 9.92. The average Bonchev–Trinajstić information content (AvgIpc) is 2.80. The molecular weight excluding hydrogens is 200 g/mol. The molecule has 1 saturated carbocycles. The molecule has 1 fully saturated rings. The molecule has 1 aromatic heterocycles. The number of aliphatic hydroxyl groups excluding tert-OH is 1. The maximum absolute atomic E-state index is 8.80. The minimum atomic E-state index is 0.0866. The number of tetrazole rings is 1. The largest absolute Gasteiger partial charge is 0.394 e. The number of nitrogens with zero attached hydrogens (tertiary/aromatic N) is 4. The van der Waals surface area contributed by atoms with Crippen LogP contribution >= 0.6 is 11.8 Å². The zero-order chi connectivity index (χ0) is 9.80. The Kier molecular flexibility index (Phi) is 3.36. The lowest BCUT2D eigenvalue weighted by Gasteiger charge is -2.07. The third-order valence-electron chi connectivity index (χ3n) is 2.39. The second kappa shape index (κ2) is 4.75. The minimum Gasteiger partial charge on any atom is -0.394 e. The Morgan fingerprint density at radius 2 is 2.21 bits per heavy atom. The fraction of sp³-hybridized carbons (Fsp3) is 0.875. The number of aromatic nitrogens is 4. The third-order valence-corrected chi connectivity index (χ3v) is 3.69. The van der Waals surface area contributed by atoms with Crippen molar-refractivity contribution in [1.29, 1.82) is 0 Å². The molecule has 1 aliphatic rings. The second-order valence-electron chi connectivity index (χ2n) is 3.43. The van der Waals surface area contributed by atoms with Crippen LogP contribution < -0.4 is 0 Å². The van der Waals surface area contributed by atoms with Gasteiger partial charge in [-0.1, -0.05) is 24.6 Å². The highest BCUT2D eigenvalue weighted by Crippen LogP contribution is 2.33. The van der Waals surface area contributed by atoms with Crippen LogP contribution in [-0.4, -0.2) is 37.2 Å². The average molecular weight is 214 g/mol. The molecule has 6 heteroatoms. The maximum atomic E-state index is 8.80. The van der Waals surface area contributed by atoms with Gasteiger partial charge in [-0.3, -0.25) is 0 Å². The van der Waals surface area contributed by atoms with Gasteiger partial charge in [0.25, 0.3) is 0 Å². The van der Waals surface area contributed by atoms with Crippen molar-refractivity contribution in [3.05, 3.63) is 0 Å². The Balaban J connectivity index is 1.96. The summed E-state index contributed by atoms with van der Waals surface area (Å²) in [6.45, 7) is 0.575. The molecule has 0 spiro atoms. The first-order chi connectivity index (χ1) is 6.90. The van der Waals surface area contributed by atoms with Crippen molar-refractivity contribution >= 4 is 11.8 Å². The number of hydrogen-bond acceptors (Lipinski definition) is 5. The van der Waals surface area contributed by atoms with Crippen molar-refractivity contribution in [3.63, 3.8) is 0 Å². The van der Waals surface area contributed by atoms with E-state index in [0.717, 1.165) is 5.16 Å². The van der Waals surface area contributed by atoms with Gasteiger partial charge < -0.3 is 5.11 Å². The molecule has 2 rings (SSSR count). The van der Waals surface area contributed by atoms with Crippen LogP contribution in [0.2, 0.25) is 0 Å². The third kappa shape index (κ3) is 2.24. The summed E-state index contributed by atoms with van der Waals surface area (Å²) in [5.74, 6) is 0. The van der Waals surface area contributed by atoms with Gasteiger partial charge in [0, 0.05) is 5.25 Å². The maximum Gasteiger partial charge on any atom is 0.209 e. The molecule has 1 aliphatic carbocycles. The quantitative estimate of drug-likeness (QED) is 0.799. The number of hydrogen-bond donors (Lipinski definition) is 1. The number of aliphatic hydroxyl groups is 1. The highest BCUT2D eigenvalue weighted by molar-refractivity contribution is 7.99. The highest BCUT2D eigenvalue weighted by Gasteiger charge is 2.19. The normalized spacial score (nSPS) is 17.8. The van der Waals surface area contributed by atoms with E-state index >= 15 is 0 Å². The van der Waals surface area contributed by atoms with Crippen LogP contribution in [0.1, 0.15) is 25.7 Å². The lowest BCUT2D eigenvalue weighted by Crippen LogP contribution is -2.07. The predicted molar refractivity (Wildman–Crippen MR) is 53.0 cm³/mol. The van der Waals surface area contributed by atoms with E-state index in [-0.39, 0.29) is 6.61 Å². The topological polar surface area (TPSA) is 63.8 Å². The fourth-order valence-corrected chi connectivity index (χ4v) is 2.87. The van der Waals surface area contributed by atoms with Gasteiger partial charge >= 0.3 is 0 Å². The molecule has 5 nitrogen and oxygen atoms in total. The lowest BCUT2D eigenvalue weighted by atomic mass is 10.4. The zero-order valence-corrected chi connectivity index (χ0v) is 8.78. The van der Waals surface area contributed by atoms with Crippen LogP contribution in [0.3, 0.4) is 0 Å². The molecule has 1 aromatic rings. The Hall–Kier alpha value is -0.620. The zero-order valence-electron chi connectivity index (χ0n) is 7.96. The molecular formula is C8H14N4OS. The predicted octanol–water partition coefficient (Wildman–Crippen LogP) is 0.700. The Morgan fingerprint density at radius 3 is 2.93 bits per heavy atom. The second-order valence-corrected chi connectivity index (χ2v) is 4.70. The van der Waals surface area contributed by atoms with Crippen LogP contribution in [0, 0.1) is 0 Å². The molecule has 0 saturated heterocycles. The van der Waals surface area contributed by atoms with Gasteiger partial charge in [0.2, 0.25) is 5.16 Å². The van der Waals surface area contributed by atoms with E-state index in [9.17, 15) is 0 Å². The van der Waals surface area contributed by atoms with E-state index in [1.165, 1.54) is 25.7 Å². The Morgan fingerprint density at radius 1 is 1.43 bits per heavy atom. The van der Waals surface area contributed by atoms with Crippen molar-refractivity contribution < 1.29 is 5.11 Å². The molecule has 0 atom stereocenters. The van der Waals surface area contributed by atoms with Crippen LogP contribution in [-0.2, 0) is 6.54 Å². The summed E-state index contributed by atoms with van der Waals surface area (Å²) >= 11 is 1.74. The molecule has 0 amide bonds. The van der Waals surface area contributed by atoms with Gasteiger partial charge in [0.05, 0.1) is 13.2 Å². The summed E-state index contributed by atoms with van der Waals surface area (Å²) in [5, 5.41) is 21.7. The van der Waals surface area contributed by atoms with E-state index in [1.807, 2.05) is 0 Å². The standard InChI is InChI=1S/C8H14N4OS/c13-6-5-12-8(9-10-11-12)14-7-3-1-2-4-7/h7,13H,1-6H2. The van der Waals surface area contributed by atoms with E-state index in [4.69, 9.17) is 5.11 Å². The summed E-state index contributed by atoms with van der Waals surface area (Å²) in [4.78, 5) is 0. The van der Waals surface area contributed by atoms with Crippen molar-refractivity contribution in [3.8, 4) is 0 Å². The minimum absolute atomic E-state index is 0.0866. The molecule has 0 bridgehead atoms. The Labute approximate surface area is 86.9 Å². The van der Waals surface area contributed by atoms with Gasteiger partial charge in [-0.25, -0.2) is 4.68 Å². The van der Waals surface area contributed by atoms with Crippen LogP contribution in [0.25, 0.3) is 0 Å². The number of thioether (sulfide) groups is 1. The van der Waals surface area contributed by atoms with E-state index < -0.39 is 0 Å². The van der Waals surface area contributed by atoms with Crippen LogP contribution in [0.15, 0.2) is 5.16 Å². The molecule has 0 unspecified atom stereocenters. The smallest absolute Gasteiger partial charge is 0.209 e. The van der Waals surface area contributed by atoms with Crippen LogP contribution in [0.4, 0.5) is 0 Å². The number of rotatable bonds is 4. The van der Waals surface area contributed by atoms with Crippen molar-refractivity contribution in [2.45, 2.75) is 42.6 Å². The van der Waals surface area contributed by atoms with E-state index in [2.05, 4.69) is 15.5 Å². The molecule has 1 heterocycles. The summed E-state index contributed by atoms with van der Waals surface area (Å²) in [6, 6.07) is 0. The monoisotopic (exact) mass is 214 g/mol. The van der Waals surface area contributed by atoms with Crippen molar-refractivity contribution in [1.82, 2.24) is 20.2 Å². The van der Waals surface area contributed by atoms with Gasteiger partial charge in [0.1, 0.15) is 0 Å². The van der Waals surface area contributed by atoms with E-state index in [0.29, 0.717) is 11.8 Å². The summed E-state index contributed by atoms with van der Waals surface area (Å²) < 4.78 is 1.67. The van der Waals surface area contributed by atoms with Gasteiger partial charge in [0.15, 0.2) is 0 Å². The first-order valence-electron chi connectivity index (χ1n) is 4.94. The van der Waals surface area contributed by atoms with Crippen LogP contribution in [0.5, 0.6) is 0 Å². The van der Waals surface area contributed by atoms with Gasteiger partial charge in [-0.15, -0.1) is 5.10 Å². The van der Waals surface area contributed by atoms with Gasteiger partial charge in [-0.05, 0) is 23.3 Å². The SMILES string of the molecule is OCCn1nnnc1SC1CCCC1. The van der Waals surface area contributed by atoms with Crippen molar-refractivity contribution in [2.75, 3.05) is 6.61 Å². The summed E-state index contributed by atoms with van der Waals surface area (Å²) in [7, 11) is 0. The van der Waals surface area contributed by atoms with Crippen molar-refractivity contribution in [2.24, 2.45) is 0 Å². The first-order valence-corrected chi connectivity index (χ1v) is 5.82. The Bertz CT molecular complexity index is 285. The molecule has 0 radical (unpaired) electrons. The summed E-state index contributed by atoms with van der Waals surface area (Å²) in [6.07, 6.45) is 5.16. The highest BCUT2D eigenvalue weighted by atomic mass is 32.2. The summed E-state index contributed by atoms with van der Waals surface area (Å²) in [5.41, 5.74) is 0.